The number of rotatable bonds is 17. The maximum Gasteiger partial charge on any atom is 0.326 e. The van der Waals surface area contributed by atoms with Crippen molar-refractivity contribution in [2.24, 2.45) is 27.9 Å². The summed E-state index contributed by atoms with van der Waals surface area (Å²) >= 11 is 0. The summed E-state index contributed by atoms with van der Waals surface area (Å²) in [6.07, 6.45) is -2.61. The van der Waals surface area contributed by atoms with Gasteiger partial charge in [0.15, 0.2) is 5.96 Å². The lowest BCUT2D eigenvalue weighted by Crippen LogP contribution is -2.60. The fourth-order valence-corrected chi connectivity index (χ4v) is 2.78. The van der Waals surface area contributed by atoms with E-state index in [2.05, 4.69) is 15.6 Å². The number of aliphatic carboxylic acids is 2. The summed E-state index contributed by atoms with van der Waals surface area (Å²) in [6.45, 7) is 1.22. The van der Waals surface area contributed by atoms with Crippen molar-refractivity contribution < 1.29 is 44.1 Å². The predicted molar refractivity (Wildman–Crippen MR) is 124 cm³/mol. The van der Waals surface area contributed by atoms with Crippen molar-refractivity contribution in [2.45, 2.75) is 69.3 Å². The molecule has 36 heavy (non-hydrogen) atoms. The Bertz CT molecular complexity index is 845. The van der Waals surface area contributed by atoms with Gasteiger partial charge in [-0.3, -0.25) is 29.0 Å². The number of hydrogen-bond donors (Lipinski definition) is 10. The average Bonchev–Trinajstić information content (AvgIpc) is 2.75. The number of nitrogens with zero attached hydrogens (tertiary/aromatic N) is 1. The number of carboxylic acids is 2. The van der Waals surface area contributed by atoms with Crippen LogP contribution in [-0.4, -0.2) is 93.7 Å². The summed E-state index contributed by atoms with van der Waals surface area (Å²) in [5.41, 5.74) is 21.2. The SMILES string of the molecule is CC(O)C(NC(=O)C(CCCN=C(N)N)NC(=O)C(N)CCC(N)=O)C(=O)NC(CC(=O)O)C(=O)O. The van der Waals surface area contributed by atoms with Crippen LogP contribution in [0.3, 0.4) is 0 Å². The molecular formula is C19H34N8O9. The highest BCUT2D eigenvalue weighted by molar-refractivity contribution is 5.95. The largest absolute Gasteiger partial charge is 0.481 e. The first-order chi connectivity index (χ1) is 16.6. The molecule has 4 amide bonds. The number of carbonyl (C=O) groups is 6. The molecule has 0 fully saturated rings. The summed E-state index contributed by atoms with van der Waals surface area (Å²) in [7, 11) is 0. The van der Waals surface area contributed by atoms with Crippen molar-refractivity contribution in [3.63, 3.8) is 0 Å². The van der Waals surface area contributed by atoms with Crippen LogP contribution in [0, 0.1) is 0 Å². The Kier molecular flexibility index (Phi) is 14.1. The van der Waals surface area contributed by atoms with E-state index in [4.69, 9.17) is 33.1 Å². The van der Waals surface area contributed by atoms with Crippen LogP contribution in [0.15, 0.2) is 4.99 Å². The van der Waals surface area contributed by atoms with E-state index >= 15 is 0 Å². The van der Waals surface area contributed by atoms with Gasteiger partial charge in [0, 0.05) is 13.0 Å². The van der Waals surface area contributed by atoms with Gasteiger partial charge in [-0.2, -0.15) is 0 Å². The first-order valence-electron chi connectivity index (χ1n) is 10.8. The summed E-state index contributed by atoms with van der Waals surface area (Å²) in [4.78, 5) is 74.5. The minimum atomic E-state index is -1.83. The molecule has 0 aliphatic carbocycles. The molecular weight excluding hydrogens is 484 g/mol. The van der Waals surface area contributed by atoms with Crippen LogP contribution in [-0.2, 0) is 28.8 Å². The highest BCUT2D eigenvalue weighted by atomic mass is 16.4. The van der Waals surface area contributed by atoms with Crippen LogP contribution >= 0.6 is 0 Å². The number of aliphatic hydroxyl groups excluding tert-OH is 1. The van der Waals surface area contributed by atoms with Gasteiger partial charge in [0.05, 0.1) is 18.6 Å². The number of carbonyl (C=O) groups excluding carboxylic acids is 4. The molecule has 17 heteroatoms. The zero-order valence-electron chi connectivity index (χ0n) is 19.7. The molecule has 0 rings (SSSR count). The molecule has 0 saturated carbocycles. The number of primary amides is 1. The van der Waals surface area contributed by atoms with Crippen molar-refractivity contribution in [2.75, 3.05) is 6.54 Å². The van der Waals surface area contributed by atoms with Crippen LogP contribution in [0.5, 0.6) is 0 Å². The molecule has 0 radical (unpaired) electrons. The number of hydrogen-bond acceptors (Lipinski definition) is 9. The zero-order chi connectivity index (χ0) is 28.0. The molecule has 0 spiro atoms. The Morgan fingerprint density at radius 2 is 1.44 bits per heavy atom. The smallest absolute Gasteiger partial charge is 0.326 e. The minimum Gasteiger partial charge on any atom is -0.481 e. The Balaban J connectivity index is 5.55. The monoisotopic (exact) mass is 518 g/mol. The van der Waals surface area contributed by atoms with E-state index in [1.807, 2.05) is 5.32 Å². The summed E-state index contributed by atoms with van der Waals surface area (Å²) in [5.74, 6) is -6.94. The van der Waals surface area contributed by atoms with Crippen molar-refractivity contribution >= 4 is 41.5 Å². The molecule has 14 N–H and O–H groups in total. The van der Waals surface area contributed by atoms with Gasteiger partial charge in [0.1, 0.15) is 18.1 Å². The predicted octanol–water partition coefficient (Wildman–Crippen LogP) is -4.97. The first-order valence-corrected chi connectivity index (χ1v) is 10.8. The first kappa shape index (κ1) is 32.0. The molecule has 0 saturated heterocycles. The highest BCUT2D eigenvalue weighted by Gasteiger charge is 2.33. The molecule has 5 unspecified atom stereocenters. The molecule has 0 bridgehead atoms. The summed E-state index contributed by atoms with van der Waals surface area (Å²) in [6, 6.07) is -6.01. The van der Waals surface area contributed by atoms with Crippen LogP contribution in [0.2, 0.25) is 0 Å². The molecule has 204 valence electrons. The van der Waals surface area contributed by atoms with E-state index in [0.717, 1.165) is 6.92 Å². The third kappa shape index (κ3) is 13.0. The maximum absolute atomic E-state index is 12.9. The van der Waals surface area contributed by atoms with E-state index in [-0.39, 0.29) is 38.2 Å². The van der Waals surface area contributed by atoms with Gasteiger partial charge < -0.3 is 54.2 Å². The number of aliphatic hydroxyl groups is 1. The second-order valence-corrected chi connectivity index (χ2v) is 7.85. The second kappa shape index (κ2) is 15.8. The van der Waals surface area contributed by atoms with E-state index in [9.17, 15) is 33.9 Å². The number of amides is 4. The Labute approximate surface area is 206 Å². The average molecular weight is 519 g/mol. The number of carboxylic acid groups (broad SMARTS) is 2. The Morgan fingerprint density at radius 3 is 1.92 bits per heavy atom. The minimum absolute atomic E-state index is 0.0399. The van der Waals surface area contributed by atoms with E-state index < -0.39 is 72.3 Å². The molecule has 17 nitrogen and oxygen atoms in total. The van der Waals surface area contributed by atoms with Crippen LogP contribution in [0.4, 0.5) is 0 Å². The topological polar surface area (TPSA) is 316 Å². The number of nitrogens with two attached hydrogens (primary N) is 4. The lowest BCUT2D eigenvalue weighted by Gasteiger charge is -2.26. The van der Waals surface area contributed by atoms with Gasteiger partial charge in [0.2, 0.25) is 23.6 Å². The van der Waals surface area contributed by atoms with E-state index in [1.165, 1.54) is 0 Å². The van der Waals surface area contributed by atoms with Gasteiger partial charge in [-0.1, -0.05) is 0 Å². The lowest BCUT2D eigenvalue weighted by molar-refractivity contribution is -0.148. The molecule has 0 aromatic rings. The third-order valence-electron chi connectivity index (χ3n) is 4.67. The maximum atomic E-state index is 12.9. The lowest BCUT2D eigenvalue weighted by atomic mass is 10.1. The molecule has 5 atom stereocenters. The fraction of sp³-hybridized carbons (Fsp3) is 0.632. The second-order valence-electron chi connectivity index (χ2n) is 7.85. The molecule has 0 aromatic carbocycles. The molecule has 0 heterocycles. The number of guanidine groups is 1. The zero-order valence-corrected chi connectivity index (χ0v) is 19.7. The molecule has 0 aromatic heterocycles. The summed E-state index contributed by atoms with van der Waals surface area (Å²) < 4.78 is 0. The van der Waals surface area contributed by atoms with Crippen molar-refractivity contribution in [1.82, 2.24) is 16.0 Å². The van der Waals surface area contributed by atoms with Crippen LogP contribution in [0.25, 0.3) is 0 Å². The van der Waals surface area contributed by atoms with Crippen LogP contribution in [0.1, 0.15) is 39.0 Å². The normalized spacial score (nSPS) is 14.8. The quantitative estimate of drug-likeness (QED) is 0.0491. The number of aliphatic imine (C=N–C) groups is 1. The van der Waals surface area contributed by atoms with Gasteiger partial charge in [-0.25, -0.2) is 4.79 Å². The van der Waals surface area contributed by atoms with E-state index in [0.29, 0.717) is 0 Å². The van der Waals surface area contributed by atoms with E-state index in [1.54, 1.807) is 0 Å². The Hall–Kier alpha value is -3.99. The van der Waals surface area contributed by atoms with Crippen LogP contribution < -0.4 is 38.9 Å². The summed E-state index contributed by atoms with van der Waals surface area (Å²) in [5, 5.41) is 34.4. The van der Waals surface area contributed by atoms with Gasteiger partial charge in [-0.05, 0) is 26.2 Å². The van der Waals surface area contributed by atoms with Gasteiger partial charge >= 0.3 is 11.9 Å². The van der Waals surface area contributed by atoms with Crippen molar-refractivity contribution in [3.8, 4) is 0 Å². The van der Waals surface area contributed by atoms with Gasteiger partial charge in [0.25, 0.3) is 0 Å². The Morgan fingerprint density at radius 1 is 0.861 bits per heavy atom. The van der Waals surface area contributed by atoms with Gasteiger partial charge in [-0.15, -0.1) is 0 Å². The van der Waals surface area contributed by atoms with Crippen molar-refractivity contribution in [3.05, 3.63) is 0 Å². The number of nitrogens with one attached hydrogen (secondary N) is 3. The fourth-order valence-electron chi connectivity index (χ4n) is 2.78. The third-order valence-corrected chi connectivity index (χ3v) is 4.67. The standard InChI is InChI=1S/C19H34N8O9/c1-8(28)14(17(34)26-11(18(35)36)7-13(30)31)27-16(33)10(3-2-6-24-19(22)23)25-15(32)9(20)4-5-12(21)29/h8-11,14,28H,2-7,20H2,1H3,(H2,21,29)(H,25,32)(H,26,34)(H,27,33)(H,30,31)(H,35,36)(H4,22,23,24). The van der Waals surface area contributed by atoms with Crippen molar-refractivity contribution in [1.29, 1.82) is 0 Å². The highest BCUT2D eigenvalue weighted by Crippen LogP contribution is 2.04. The molecule has 0 aliphatic rings. The molecule has 0 aliphatic heterocycles.